The molecule has 0 aliphatic carbocycles. The third-order valence-corrected chi connectivity index (χ3v) is 2.80. The van der Waals surface area contributed by atoms with E-state index in [1.54, 1.807) is 0 Å². The van der Waals surface area contributed by atoms with Gasteiger partial charge in [-0.05, 0) is 24.6 Å². The third-order valence-electron chi connectivity index (χ3n) is 1.80. The van der Waals surface area contributed by atoms with Gasteiger partial charge in [0.15, 0.2) is 0 Å². The van der Waals surface area contributed by atoms with Crippen LogP contribution >= 0.6 is 0 Å². The SMILES string of the molecule is Cc1cc(O)c(C(=O)O)cc1S(=O)(=O)O. The van der Waals surface area contributed by atoms with Crippen LogP contribution < -0.4 is 0 Å². The average molecular weight is 232 g/mol. The molecule has 0 spiro atoms. The van der Waals surface area contributed by atoms with E-state index < -0.39 is 32.3 Å². The van der Waals surface area contributed by atoms with E-state index in [1.165, 1.54) is 6.92 Å². The number of aromatic carboxylic acids is 1. The van der Waals surface area contributed by atoms with Gasteiger partial charge >= 0.3 is 5.97 Å². The Labute approximate surface area is 85.5 Å². The van der Waals surface area contributed by atoms with Crippen molar-refractivity contribution in [3.63, 3.8) is 0 Å². The van der Waals surface area contributed by atoms with Gasteiger partial charge in [-0.25, -0.2) is 4.79 Å². The molecule has 1 aromatic carbocycles. The Hall–Kier alpha value is -1.60. The van der Waals surface area contributed by atoms with Crippen LogP contribution in [0, 0.1) is 6.92 Å². The van der Waals surface area contributed by atoms with Gasteiger partial charge in [0, 0.05) is 0 Å². The summed E-state index contributed by atoms with van der Waals surface area (Å²) < 4.78 is 30.4. The lowest BCUT2D eigenvalue weighted by Crippen LogP contribution is -2.05. The zero-order valence-corrected chi connectivity index (χ0v) is 8.45. The Balaban J connectivity index is 3.58. The fourth-order valence-electron chi connectivity index (χ4n) is 1.12. The highest BCUT2D eigenvalue weighted by molar-refractivity contribution is 7.85. The van der Waals surface area contributed by atoms with Gasteiger partial charge < -0.3 is 10.2 Å². The molecule has 0 saturated heterocycles. The molecule has 0 bridgehead atoms. The van der Waals surface area contributed by atoms with E-state index in [9.17, 15) is 18.3 Å². The van der Waals surface area contributed by atoms with Gasteiger partial charge in [0.05, 0.1) is 4.90 Å². The number of phenols is 1. The van der Waals surface area contributed by atoms with Gasteiger partial charge in [0.2, 0.25) is 0 Å². The number of benzene rings is 1. The highest BCUT2D eigenvalue weighted by atomic mass is 32.2. The maximum Gasteiger partial charge on any atom is 0.339 e. The van der Waals surface area contributed by atoms with Gasteiger partial charge in [-0.15, -0.1) is 0 Å². The molecule has 1 aromatic rings. The van der Waals surface area contributed by atoms with E-state index in [2.05, 4.69) is 0 Å². The third kappa shape index (κ3) is 2.25. The summed E-state index contributed by atoms with van der Waals surface area (Å²) in [5.41, 5.74) is -0.506. The summed E-state index contributed by atoms with van der Waals surface area (Å²) >= 11 is 0. The van der Waals surface area contributed by atoms with Crippen LogP contribution in [0.2, 0.25) is 0 Å². The van der Waals surface area contributed by atoms with E-state index in [4.69, 9.17) is 9.66 Å². The molecule has 0 radical (unpaired) electrons. The predicted molar refractivity (Wildman–Crippen MR) is 49.6 cm³/mol. The molecule has 0 unspecified atom stereocenters. The van der Waals surface area contributed by atoms with Crippen LogP contribution in [-0.2, 0) is 10.1 Å². The van der Waals surface area contributed by atoms with Crippen molar-refractivity contribution in [3.8, 4) is 5.75 Å². The molecule has 0 aliphatic heterocycles. The van der Waals surface area contributed by atoms with Crippen LogP contribution in [0.3, 0.4) is 0 Å². The summed E-state index contributed by atoms with van der Waals surface area (Å²) in [5.74, 6) is -2.02. The molecule has 3 N–H and O–H groups in total. The van der Waals surface area contributed by atoms with Crippen LogP contribution in [-0.4, -0.2) is 29.2 Å². The number of hydrogen-bond acceptors (Lipinski definition) is 4. The summed E-state index contributed by atoms with van der Waals surface area (Å²) in [6.45, 7) is 1.33. The van der Waals surface area contributed by atoms with E-state index in [0.717, 1.165) is 6.07 Å². The molecular weight excluding hydrogens is 224 g/mol. The van der Waals surface area contributed by atoms with Crippen LogP contribution in [0.4, 0.5) is 0 Å². The van der Waals surface area contributed by atoms with Crippen LogP contribution in [0.1, 0.15) is 15.9 Å². The van der Waals surface area contributed by atoms with Gasteiger partial charge in [-0.1, -0.05) is 0 Å². The summed E-state index contributed by atoms with van der Waals surface area (Å²) in [5, 5.41) is 17.8. The standard InChI is InChI=1S/C8H8O6S/c1-4-2-6(9)5(8(10)11)3-7(4)15(12,13)14/h2-3,9H,1H3,(H,10,11)(H,12,13,14). The molecule has 0 heterocycles. The first-order valence-electron chi connectivity index (χ1n) is 3.78. The van der Waals surface area contributed by atoms with Crippen molar-refractivity contribution in [1.82, 2.24) is 0 Å². The zero-order valence-electron chi connectivity index (χ0n) is 7.63. The fourth-order valence-corrected chi connectivity index (χ4v) is 1.85. The summed E-state index contributed by atoms with van der Waals surface area (Å²) in [7, 11) is -4.48. The fraction of sp³-hybridized carbons (Fsp3) is 0.125. The topological polar surface area (TPSA) is 112 Å². The number of carbonyl (C=O) groups is 1. The minimum atomic E-state index is -4.48. The highest BCUT2D eigenvalue weighted by Crippen LogP contribution is 2.25. The van der Waals surface area contributed by atoms with Gasteiger partial charge in [-0.2, -0.15) is 8.42 Å². The predicted octanol–water partition coefficient (Wildman–Crippen LogP) is 0.646. The molecule has 0 aliphatic rings. The van der Waals surface area contributed by atoms with Gasteiger partial charge in [0.1, 0.15) is 11.3 Å². The quantitative estimate of drug-likeness (QED) is 0.645. The zero-order chi connectivity index (χ0) is 11.8. The first-order valence-corrected chi connectivity index (χ1v) is 5.22. The van der Waals surface area contributed by atoms with E-state index in [0.29, 0.717) is 6.07 Å². The largest absolute Gasteiger partial charge is 0.507 e. The summed E-state index contributed by atoms with van der Waals surface area (Å²) in [4.78, 5) is 10.0. The summed E-state index contributed by atoms with van der Waals surface area (Å²) in [6.07, 6.45) is 0. The van der Waals surface area contributed by atoms with Crippen molar-refractivity contribution >= 4 is 16.1 Å². The maximum atomic E-state index is 10.8. The van der Waals surface area contributed by atoms with Crippen molar-refractivity contribution in [1.29, 1.82) is 0 Å². The van der Waals surface area contributed by atoms with Gasteiger partial charge in [-0.3, -0.25) is 4.55 Å². The minimum Gasteiger partial charge on any atom is -0.507 e. The maximum absolute atomic E-state index is 10.8. The molecule has 0 saturated carbocycles. The van der Waals surface area contributed by atoms with Crippen LogP contribution in [0.15, 0.2) is 17.0 Å². The van der Waals surface area contributed by atoms with Gasteiger partial charge in [0.25, 0.3) is 10.1 Å². The Morgan fingerprint density at radius 3 is 2.27 bits per heavy atom. The molecule has 82 valence electrons. The number of aryl methyl sites for hydroxylation is 1. The molecule has 0 amide bonds. The first-order chi connectivity index (χ1) is 6.73. The minimum absolute atomic E-state index is 0.0694. The molecule has 15 heavy (non-hydrogen) atoms. The van der Waals surface area contributed by atoms with Crippen molar-refractivity contribution in [3.05, 3.63) is 23.3 Å². The molecular formula is C8H8O6S. The second-order valence-electron chi connectivity index (χ2n) is 2.92. The summed E-state index contributed by atoms with van der Waals surface area (Å²) in [6, 6.07) is 1.68. The van der Waals surface area contributed by atoms with Crippen molar-refractivity contribution in [2.45, 2.75) is 11.8 Å². The molecule has 1 rings (SSSR count). The number of hydrogen-bond donors (Lipinski definition) is 3. The Morgan fingerprint density at radius 2 is 1.87 bits per heavy atom. The van der Waals surface area contributed by atoms with E-state index in [-0.39, 0.29) is 5.56 Å². The van der Waals surface area contributed by atoms with Crippen molar-refractivity contribution in [2.75, 3.05) is 0 Å². The molecule has 0 aromatic heterocycles. The van der Waals surface area contributed by atoms with Crippen molar-refractivity contribution < 1.29 is 28.0 Å². The second kappa shape index (κ2) is 3.52. The van der Waals surface area contributed by atoms with Crippen molar-refractivity contribution in [2.24, 2.45) is 0 Å². The Morgan fingerprint density at radius 1 is 1.33 bits per heavy atom. The lowest BCUT2D eigenvalue weighted by molar-refractivity contribution is 0.0693. The second-order valence-corrected chi connectivity index (χ2v) is 4.31. The Bertz CT molecular complexity index is 516. The lowest BCUT2D eigenvalue weighted by atomic mass is 10.1. The molecule has 7 heteroatoms. The molecule has 6 nitrogen and oxygen atoms in total. The number of carboxylic acids is 1. The average Bonchev–Trinajstić information content (AvgIpc) is 2.00. The lowest BCUT2D eigenvalue weighted by Gasteiger charge is -2.05. The highest BCUT2D eigenvalue weighted by Gasteiger charge is 2.19. The number of carboxylic acid groups (broad SMARTS) is 1. The van der Waals surface area contributed by atoms with Crippen LogP contribution in [0.25, 0.3) is 0 Å². The molecule has 0 atom stereocenters. The number of aromatic hydroxyl groups is 1. The normalized spacial score (nSPS) is 11.3. The molecule has 0 fully saturated rings. The number of rotatable bonds is 2. The smallest absolute Gasteiger partial charge is 0.339 e. The van der Waals surface area contributed by atoms with E-state index >= 15 is 0 Å². The van der Waals surface area contributed by atoms with E-state index in [1.807, 2.05) is 0 Å². The first kappa shape index (κ1) is 11.5. The van der Waals surface area contributed by atoms with Crippen LogP contribution in [0.5, 0.6) is 5.75 Å². The monoisotopic (exact) mass is 232 g/mol. The Kier molecular flexibility index (Phi) is 2.69.